The van der Waals surface area contributed by atoms with Crippen LogP contribution in [0, 0.1) is 13.8 Å². The largest absolute Gasteiger partial charge is 0.324 e. The summed E-state index contributed by atoms with van der Waals surface area (Å²) in [7, 11) is 1.70. The van der Waals surface area contributed by atoms with E-state index in [1.165, 1.54) is 27.7 Å². The number of aromatic nitrogens is 3. The summed E-state index contributed by atoms with van der Waals surface area (Å²) < 4.78 is 1.53. The Morgan fingerprint density at radius 2 is 2.03 bits per heavy atom. The van der Waals surface area contributed by atoms with E-state index in [1.54, 1.807) is 13.2 Å². The van der Waals surface area contributed by atoms with Gasteiger partial charge in [-0.25, -0.2) is 4.98 Å². The number of anilines is 1. The van der Waals surface area contributed by atoms with E-state index in [-0.39, 0.29) is 11.5 Å². The standard InChI is InChI=1S/C21H20N4O2S2/c1-11-12(2)28-19-17(11)20(27)25(4)21(24-19)29-13(3)18(26)23-16-9-5-8-15-14(16)7-6-10-22-15/h5-10,13H,1-4H3,(H,23,26). The van der Waals surface area contributed by atoms with Crippen molar-refractivity contribution in [2.75, 3.05) is 5.32 Å². The Kier molecular flexibility index (Phi) is 5.14. The highest BCUT2D eigenvalue weighted by molar-refractivity contribution is 8.00. The number of benzene rings is 1. The maximum atomic E-state index is 12.8. The van der Waals surface area contributed by atoms with Gasteiger partial charge in [-0.3, -0.25) is 19.1 Å². The van der Waals surface area contributed by atoms with Crippen molar-refractivity contribution in [3.05, 3.63) is 57.3 Å². The molecule has 0 aliphatic carbocycles. The molecule has 1 N–H and O–H groups in total. The minimum atomic E-state index is -0.431. The van der Waals surface area contributed by atoms with Crippen molar-refractivity contribution >= 4 is 55.8 Å². The maximum absolute atomic E-state index is 12.8. The van der Waals surface area contributed by atoms with Crippen LogP contribution in [0.3, 0.4) is 0 Å². The van der Waals surface area contributed by atoms with Crippen molar-refractivity contribution in [3.63, 3.8) is 0 Å². The van der Waals surface area contributed by atoms with Crippen molar-refractivity contribution in [1.29, 1.82) is 0 Å². The van der Waals surface area contributed by atoms with Gasteiger partial charge in [0, 0.05) is 23.5 Å². The molecule has 1 aromatic carbocycles. The first-order valence-electron chi connectivity index (χ1n) is 9.15. The van der Waals surface area contributed by atoms with Gasteiger partial charge in [-0.1, -0.05) is 17.8 Å². The van der Waals surface area contributed by atoms with Crippen molar-refractivity contribution in [2.24, 2.45) is 7.05 Å². The highest BCUT2D eigenvalue weighted by Crippen LogP contribution is 2.30. The highest BCUT2D eigenvalue weighted by atomic mass is 32.2. The Morgan fingerprint density at radius 3 is 2.83 bits per heavy atom. The minimum absolute atomic E-state index is 0.0768. The van der Waals surface area contributed by atoms with Crippen LogP contribution in [-0.2, 0) is 11.8 Å². The lowest BCUT2D eigenvalue weighted by atomic mass is 10.2. The second-order valence-corrected chi connectivity index (χ2v) is 9.36. The zero-order chi connectivity index (χ0) is 20.7. The number of fused-ring (bicyclic) bond motifs is 2. The zero-order valence-electron chi connectivity index (χ0n) is 16.5. The first kappa shape index (κ1) is 19.6. The van der Waals surface area contributed by atoms with Crippen LogP contribution in [0.2, 0.25) is 0 Å². The second kappa shape index (κ2) is 7.61. The molecule has 1 amide bonds. The lowest BCUT2D eigenvalue weighted by molar-refractivity contribution is -0.115. The number of carbonyl (C=O) groups excluding carboxylic acids is 1. The third-order valence-corrected chi connectivity index (χ3v) is 7.17. The van der Waals surface area contributed by atoms with Gasteiger partial charge in [0.2, 0.25) is 5.91 Å². The van der Waals surface area contributed by atoms with Gasteiger partial charge >= 0.3 is 0 Å². The molecule has 6 nitrogen and oxygen atoms in total. The zero-order valence-corrected chi connectivity index (χ0v) is 18.1. The lowest BCUT2D eigenvalue weighted by Gasteiger charge is -2.14. The molecular weight excluding hydrogens is 404 g/mol. The van der Waals surface area contributed by atoms with Gasteiger partial charge in [0.05, 0.1) is 21.8 Å². The van der Waals surface area contributed by atoms with Gasteiger partial charge in [0.25, 0.3) is 5.56 Å². The average Bonchev–Trinajstić information content (AvgIpc) is 2.99. The predicted molar refractivity (Wildman–Crippen MR) is 120 cm³/mol. The predicted octanol–water partition coefficient (Wildman–Crippen LogP) is 4.28. The number of rotatable bonds is 4. The fourth-order valence-corrected chi connectivity index (χ4v) is 5.06. The molecule has 0 radical (unpaired) electrons. The minimum Gasteiger partial charge on any atom is -0.324 e. The molecule has 4 aromatic rings. The van der Waals surface area contributed by atoms with Crippen LogP contribution < -0.4 is 10.9 Å². The fraction of sp³-hybridized carbons (Fsp3) is 0.238. The summed E-state index contributed by atoms with van der Waals surface area (Å²) in [5.41, 5.74) is 2.44. The van der Waals surface area contributed by atoms with Crippen LogP contribution in [0.25, 0.3) is 21.1 Å². The summed E-state index contributed by atoms with van der Waals surface area (Å²) in [6.07, 6.45) is 1.72. The molecule has 0 aliphatic rings. The molecule has 0 aliphatic heterocycles. The number of thioether (sulfide) groups is 1. The Hall–Kier alpha value is -2.71. The number of amides is 1. The van der Waals surface area contributed by atoms with Gasteiger partial charge in [0.15, 0.2) is 5.16 Å². The molecule has 3 aromatic heterocycles. The first-order valence-corrected chi connectivity index (χ1v) is 10.8. The van der Waals surface area contributed by atoms with Crippen molar-refractivity contribution in [2.45, 2.75) is 31.2 Å². The Balaban J connectivity index is 1.60. The number of thiophene rings is 1. The van der Waals surface area contributed by atoms with Crippen LogP contribution >= 0.6 is 23.1 Å². The molecule has 4 rings (SSSR count). The summed E-state index contributed by atoms with van der Waals surface area (Å²) >= 11 is 2.79. The monoisotopic (exact) mass is 424 g/mol. The quantitative estimate of drug-likeness (QED) is 0.391. The van der Waals surface area contributed by atoms with Gasteiger partial charge in [-0.05, 0) is 50.6 Å². The smallest absolute Gasteiger partial charge is 0.262 e. The van der Waals surface area contributed by atoms with E-state index < -0.39 is 5.25 Å². The maximum Gasteiger partial charge on any atom is 0.262 e. The van der Waals surface area contributed by atoms with Crippen LogP contribution in [0.1, 0.15) is 17.4 Å². The van der Waals surface area contributed by atoms with E-state index >= 15 is 0 Å². The van der Waals surface area contributed by atoms with Gasteiger partial charge < -0.3 is 5.32 Å². The third kappa shape index (κ3) is 3.54. The summed E-state index contributed by atoms with van der Waals surface area (Å²) in [4.78, 5) is 36.4. The van der Waals surface area contributed by atoms with Gasteiger partial charge in [-0.2, -0.15) is 0 Å². The van der Waals surface area contributed by atoms with E-state index in [0.717, 1.165) is 31.9 Å². The molecule has 1 atom stereocenters. The number of nitrogens with zero attached hydrogens (tertiary/aromatic N) is 3. The SMILES string of the molecule is Cc1sc2nc(SC(C)C(=O)Nc3cccc4ncccc34)n(C)c(=O)c2c1C. The molecule has 0 saturated carbocycles. The molecule has 0 fully saturated rings. The molecule has 3 heterocycles. The van der Waals surface area contributed by atoms with Crippen molar-refractivity contribution in [3.8, 4) is 0 Å². The average molecular weight is 425 g/mol. The molecular formula is C21H20N4O2S2. The third-order valence-electron chi connectivity index (χ3n) is 4.92. The highest BCUT2D eigenvalue weighted by Gasteiger charge is 2.20. The first-order chi connectivity index (χ1) is 13.9. The lowest BCUT2D eigenvalue weighted by Crippen LogP contribution is -2.25. The molecule has 0 bridgehead atoms. The summed E-state index contributed by atoms with van der Waals surface area (Å²) in [6, 6.07) is 9.40. The normalized spacial score (nSPS) is 12.4. The molecule has 1 unspecified atom stereocenters. The van der Waals surface area contributed by atoms with Crippen molar-refractivity contribution in [1.82, 2.24) is 14.5 Å². The number of pyridine rings is 1. The number of carbonyl (C=O) groups is 1. The number of nitrogens with one attached hydrogen (secondary N) is 1. The summed E-state index contributed by atoms with van der Waals surface area (Å²) in [6.45, 7) is 5.74. The second-order valence-electron chi connectivity index (χ2n) is 6.85. The molecule has 29 heavy (non-hydrogen) atoms. The number of aryl methyl sites for hydroxylation is 2. The summed E-state index contributed by atoms with van der Waals surface area (Å²) in [5, 5.41) is 4.63. The molecule has 148 valence electrons. The van der Waals surface area contributed by atoms with Crippen LogP contribution in [0.4, 0.5) is 5.69 Å². The molecule has 8 heteroatoms. The topological polar surface area (TPSA) is 76.9 Å². The van der Waals surface area contributed by atoms with Crippen LogP contribution in [-0.4, -0.2) is 25.7 Å². The van der Waals surface area contributed by atoms with Crippen molar-refractivity contribution < 1.29 is 4.79 Å². The van der Waals surface area contributed by atoms with Crippen LogP contribution in [0.15, 0.2) is 46.5 Å². The summed E-state index contributed by atoms with van der Waals surface area (Å²) in [5.74, 6) is -0.153. The van der Waals surface area contributed by atoms with E-state index in [1.807, 2.05) is 51.1 Å². The van der Waals surface area contributed by atoms with Crippen LogP contribution in [0.5, 0.6) is 0 Å². The van der Waals surface area contributed by atoms with Gasteiger partial charge in [-0.15, -0.1) is 11.3 Å². The molecule has 0 saturated heterocycles. The molecule has 0 spiro atoms. The van der Waals surface area contributed by atoms with E-state index in [9.17, 15) is 9.59 Å². The fourth-order valence-electron chi connectivity index (χ4n) is 3.12. The van der Waals surface area contributed by atoms with E-state index in [2.05, 4.69) is 15.3 Å². The number of hydrogen-bond donors (Lipinski definition) is 1. The number of hydrogen-bond acceptors (Lipinski definition) is 6. The van der Waals surface area contributed by atoms with E-state index in [0.29, 0.717) is 10.5 Å². The van der Waals surface area contributed by atoms with Gasteiger partial charge in [0.1, 0.15) is 4.83 Å². The van der Waals surface area contributed by atoms with E-state index in [4.69, 9.17) is 0 Å². The Labute approximate surface area is 176 Å². The Morgan fingerprint density at radius 1 is 1.24 bits per heavy atom. The Bertz CT molecular complexity index is 1300.